The summed E-state index contributed by atoms with van der Waals surface area (Å²) in [6.07, 6.45) is 8.32. The third-order valence-corrected chi connectivity index (χ3v) is 3.39. The number of ether oxygens (including phenoxy) is 3. The van der Waals surface area contributed by atoms with Gasteiger partial charge < -0.3 is 14.2 Å². The van der Waals surface area contributed by atoms with Gasteiger partial charge in [-0.2, -0.15) is 0 Å². The van der Waals surface area contributed by atoms with Gasteiger partial charge in [-0.3, -0.25) is 0 Å². The first-order chi connectivity index (χ1) is 11.0. The van der Waals surface area contributed by atoms with Crippen molar-refractivity contribution in [1.82, 2.24) is 0 Å². The monoisotopic (exact) mass is 323 g/mol. The quantitative estimate of drug-likeness (QED) is 0.154. The van der Waals surface area contributed by atoms with Gasteiger partial charge in [-0.1, -0.05) is 31.9 Å². The van der Waals surface area contributed by atoms with Crippen molar-refractivity contribution in [2.75, 3.05) is 27.9 Å². The molecule has 5 heteroatoms. The van der Waals surface area contributed by atoms with E-state index in [0.717, 1.165) is 19.3 Å². The van der Waals surface area contributed by atoms with Crippen molar-refractivity contribution in [3.05, 3.63) is 36.1 Å². The fraction of sp³-hybridized carbons (Fsp3) is 0.556. The molecular weight excluding hydrogens is 294 g/mol. The number of aliphatic imine (C=N–C) groups is 1. The molecule has 0 saturated heterocycles. The number of hydrogen-bond acceptors (Lipinski definition) is 5. The number of carbonyl (C=O) groups is 1. The lowest BCUT2D eigenvalue weighted by molar-refractivity contribution is -0.136. The number of allylic oxidation sites excluding steroid dienone is 2. The Morgan fingerprint density at radius 2 is 1.96 bits per heavy atom. The number of carbonyl (C=O) groups excluding carboxylic acids is 1. The molecule has 0 radical (unpaired) electrons. The van der Waals surface area contributed by atoms with Crippen LogP contribution in [0.25, 0.3) is 0 Å². The molecule has 0 aromatic heterocycles. The SMILES string of the molecule is C=CC(C)/C(=C\C(=NC/C(=C/OC)C(=O)OC)OC)CCCC. The van der Waals surface area contributed by atoms with Crippen molar-refractivity contribution >= 4 is 11.9 Å². The summed E-state index contributed by atoms with van der Waals surface area (Å²) in [5, 5.41) is 0. The second-order valence-corrected chi connectivity index (χ2v) is 5.08. The van der Waals surface area contributed by atoms with Gasteiger partial charge in [0.25, 0.3) is 0 Å². The fourth-order valence-electron chi connectivity index (χ4n) is 1.88. The highest BCUT2D eigenvalue weighted by molar-refractivity contribution is 5.91. The molecule has 5 nitrogen and oxygen atoms in total. The summed E-state index contributed by atoms with van der Waals surface area (Å²) in [4.78, 5) is 15.9. The lowest BCUT2D eigenvalue weighted by atomic mass is 9.95. The van der Waals surface area contributed by atoms with Crippen LogP contribution in [-0.2, 0) is 19.0 Å². The first-order valence-corrected chi connectivity index (χ1v) is 7.75. The Morgan fingerprint density at radius 1 is 1.26 bits per heavy atom. The minimum Gasteiger partial charge on any atom is -0.504 e. The highest BCUT2D eigenvalue weighted by atomic mass is 16.5. The van der Waals surface area contributed by atoms with E-state index in [2.05, 4.69) is 25.4 Å². The van der Waals surface area contributed by atoms with Crippen molar-refractivity contribution in [3.63, 3.8) is 0 Å². The molecule has 0 rings (SSSR count). The highest BCUT2D eigenvalue weighted by Gasteiger charge is 2.11. The summed E-state index contributed by atoms with van der Waals surface area (Å²) in [6.45, 7) is 8.22. The predicted octanol–water partition coefficient (Wildman–Crippen LogP) is 3.67. The molecule has 0 spiro atoms. The second-order valence-electron chi connectivity index (χ2n) is 5.08. The molecule has 23 heavy (non-hydrogen) atoms. The standard InChI is InChI=1S/C18H29NO4/c1-7-9-10-15(14(3)8-2)11-17(22-5)19-12-16(13-21-4)18(20)23-6/h8,11,13-14H,2,7,9-10,12H2,1,3-6H3/b15-11-,16-13-,19-17?. The van der Waals surface area contributed by atoms with Gasteiger partial charge in [0.05, 0.1) is 39.7 Å². The molecule has 0 aliphatic heterocycles. The van der Waals surface area contributed by atoms with Gasteiger partial charge in [-0.05, 0) is 24.8 Å². The molecular formula is C18H29NO4. The molecule has 0 saturated carbocycles. The van der Waals surface area contributed by atoms with Crippen molar-refractivity contribution in [3.8, 4) is 0 Å². The first kappa shape index (κ1) is 21.0. The Balaban J connectivity index is 5.27. The van der Waals surface area contributed by atoms with E-state index < -0.39 is 5.97 Å². The molecule has 0 aliphatic rings. The average molecular weight is 323 g/mol. The summed E-state index contributed by atoms with van der Waals surface area (Å²) in [5.41, 5.74) is 1.53. The van der Waals surface area contributed by atoms with Crippen LogP contribution in [0.1, 0.15) is 33.1 Å². The number of hydrogen-bond donors (Lipinski definition) is 0. The molecule has 0 N–H and O–H groups in total. The van der Waals surface area contributed by atoms with Crippen LogP contribution in [0.2, 0.25) is 0 Å². The average Bonchev–Trinajstić information content (AvgIpc) is 2.58. The van der Waals surface area contributed by atoms with E-state index >= 15 is 0 Å². The number of esters is 1. The summed E-state index contributed by atoms with van der Waals surface area (Å²) in [5.74, 6) is 0.243. The lowest BCUT2D eigenvalue weighted by Gasteiger charge is -2.12. The van der Waals surface area contributed by atoms with Crippen molar-refractivity contribution < 1.29 is 19.0 Å². The first-order valence-electron chi connectivity index (χ1n) is 7.75. The minimum absolute atomic E-state index is 0.129. The van der Waals surface area contributed by atoms with E-state index in [9.17, 15) is 4.79 Å². The molecule has 0 amide bonds. The van der Waals surface area contributed by atoms with Crippen LogP contribution in [0.5, 0.6) is 0 Å². The largest absolute Gasteiger partial charge is 0.504 e. The summed E-state index contributed by atoms with van der Waals surface area (Å²) in [7, 11) is 4.35. The van der Waals surface area contributed by atoms with Gasteiger partial charge in [-0.25, -0.2) is 9.79 Å². The van der Waals surface area contributed by atoms with Crippen LogP contribution < -0.4 is 0 Å². The zero-order valence-corrected chi connectivity index (χ0v) is 14.9. The Hall–Kier alpha value is -2.04. The maximum Gasteiger partial charge on any atom is 0.338 e. The number of methoxy groups -OCH3 is 3. The second kappa shape index (κ2) is 12.5. The van der Waals surface area contributed by atoms with Crippen LogP contribution in [0.4, 0.5) is 0 Å². The maximum absolute atomic E-state index is 11.6. The maximum atomic E-state index is 11.6. The predicted molar refractivity (Wildman–Crippen MR) is 93.4 cm³/mol. The van der Waals surface area contributed by atoms with Crippen molar-refractivity contribution in [2.45, 2.75) is 33.1 Å². The topological polar surface area (TPSA) is 57.1 Å². The van der Waals surface area contributed by atoms with Crippen molar-refractivity contribution in [1.29, 1.82) is 0 Å². The van der Waals surface area contributed by atoms with E-state index in [1.807, 2.05) is 12.2 Å². The van der Waals surface area contributed by atoms with E-state index in [1.54, 1.807) is 7.11 Å². The molecule has 130 valence electrons. The molecule has 0 aliphatic carbocycles. The van der Waals surface area contributed by atoms with E-state index in [1.165, 1.54) is 26.1 Å². The van der Waals surface area contributed by atoms with Crippen molar-refractivity contribution in [2.24, 2.45) is 10.9 Å². The van der Waals surface area contributed by atoms with E-state index in [-0.39, 0.29) is 12.5 Å². The zero-order valence-electron chi connectivity index (χ0n) is 14.9. The van der Waals surface area contributed by atoms with Gasteiger partial charge in [0, 0.05) is 0 Å². The molecule has 0 aromatic rings. The molecule has 0 fully saturated rings. The zero-order chi connectivity index (χ0) is 17.7. The fourth-order valence-corrected chi connectivity index (χ4v) is 1.88. The van der Waals surface area contributed by atoms with E-state index in [0.29, 0.717) is 11.5 Å². The van der Waals surface area contributed by atoms with Gasteiger partial charge in [0.1, 0.15) is 0 Å². The summed E-state index contributed by atoms with van der Waals surface area (Å²) >= 11 is 0. The Bertz CT molecular complexity index is 464. The van der Waals surface area contributed by atoms with Crippen LogP contribution in [0.3, 0.4) is 0 Å². The number of nitrogens with zero attached hydrogens (tertiary/aromatic N) is 1. The van der Waals surface area contributed by atoms with Gasteiger partial charge in [0.2, 0.25) is 5.90 Å². The van der Waals surface area contributed by atoms with Gasteiger partial charge >= 0.3 is 5.97 Å². The van der Waals surface area contributed by atoms with E-state index in [4.69, 9.17) is 14.2 Å². The van der Waals surface area contributed by atoms with Crippen LogP contribution in [0.15, 0.2) is 41.1 Å². The smallest absolute Gasteiger partial charge is 0.338 e. The minimum atomic E-state index is -0.472. The third-order valence-electron chi connectivity index (χ3n) is 3.39. The lowest BCUT2D eigenvalue weighted by Crippen LogP contribution is -2.10. The van der Waals surface area contributed by atoms with Crippen LogP contribution in [-0.4, -0.2) is 39.7 Å². The third kappa shape index (κ3) is 8.24. The molecule has 0 bridgehead atoms. The Kier molecular flexibility index (Phi) is 11.4. The van der Waals surface area contributed by atoms with Gasteiger partial charge in [0.15, 0.2) is 0 Å². The van der Waals surface area contributed by atoms with Gasteiger partial charge in [-0.15, -0.1) is 6.58 Å². The molecule has 0 aromatic carbocycles. The normalized spacial score (nSPS) is 14.2. The number of unbranched alkanes of at least 4 members (excludes halogenated alkanes) is 1. The Labute approximate surface area is 139 Å². The summed E-state index contributed by atoms with van der Waals surface area (Å²) < 4.78 is 14.9. The summed E-state index contributed by atoms with van der Waals surface area (Å²) in [6, 6.07) is 0. The molecule has 0 heterocycles. The number of rotatable bonds is 10. The van der Waals surface area contributed by atoms with Crippen LogP contribution in [0, 0.1) is 5.92 Å². The Morgan fingerprint density at radius 3 is 2.43 bits per heavy atom. The molecule has 1 unspecified atom stereocenters. The molecule has 1 atom stereocenters. The van der Waals surface area contributed by atoms with Crippen LogP contribution >= 0.6 is 0 Å². The highest BCUT2D eigenvalue weighted by Crippen LogP contribution is 2.19.